The summed E-state index contributed by atoms with van der Waals surface area (Å²) in [7, 11) is -3.49. The van der Waals surface area contributed by atoms with Crippen molar-refractivity contribution in [3.05, 3.63) is 59.4 Å². The highest BCUT2D eigenvalue weighted by Crippen LogP contribution is 2.36. The van der Waals surface area contributed by atoms with Crippen molar-refractivity contribution in [2.24, 2.45) is 0 Å². The zero-order chi connectivity index (χ0) is 16.4. The van der Waals surface area contributed by atoms with Crippen LogP contribution in [0.2, 0.25) is 0 Å². The number of nitrogens with zero attached hydrogens (tertiary/aromatic N) is 2. The summed E-state index contributed by atoms with van der Waals surface area (Å²) in [6.07, 6.45) is 6.35. The normalized spacial score (nSPS) is 19.7. The molecule has 0 N–H and O–H groups in total. The van der Waals surface area contributed by atoms with Crippen LogP contribution in [0.25, 0.3) is 0 Å². The van der Waals surface area contributed by atoms with E-state index in [2.05, 4.69) is 4.98 Å². The van der Waals surface area contributed by atoms with Crippen LogP contribution in [0.1, 0.15) is 42.0 Å². The molecule has 2 aromatic rings. The Morgan fingerprint density at radius 3 is 2.52 bits per heavy atom. The lowest BCUT2D eigenvalue weighted by atomic mass is 9.96. The van der Waals surface area contributed by atoms with E-state index in [0.717, 1.165) is 36.0 Å². The second kappa shape index (κ2) is 6.42. The maximum absolute atomic E-state index is 13.1. The standard InChI is InChI=1S/C18H22N2O2S/c1-14-6-8-16(9-7-14)23(21,22)20-12-4-3-5-18(20)17-13-19-11-10-15(17)2/h6-11,13,18H,3-5,12H2,1-2H3/t18-/m0/s1. The van der Waals surface area contributed by atoms with Crippen LogP contribution in [0.5, 0.6) is 0 Å². The first-order chi connectivity index (χ1) is 11.0. The van der Waals surface area contributed by atoms with Gasteiger partial charge >= 0.3 is 0 Å². The van der Waals surface area contributed by atoms with E-state index in [1.807, 2.05) is 38.2 Å². The van der Waals surface area contributed by atoms with E-state index in [0.29, 0.717) is 11.4 Å². The third kappa shape index (κ3) is 3.16. The molecule has 2 heterocycles. The van der Waals surface area contributed by atoms with Gasteiger partial charge in [0, 0.05) is 18.9 Å². The molecular weight excluding hydrogens is 308 g/mol. The molecule has 0 unspecified atom stereocenters. The molecule has 122 valence electrons. The Bertz CT molecular complexity index is 785. The van der Waals surface area contributed by atoms with Gasteiger partial charge in [-0.1, -0.05) is 24.1 Å². The summed E-state index contributed by atoms with van der Waals surface area (Å²) in [5.74, 6) is 0. The fourth-order valence-corrected chi connectivity index (χ4v) is 4.85. The SMILES string of the molecule is Cc1ccc(S(=O)(=O)N2CCCC[C@H]2c2cnccc2C)cc1. The van der Waals surface area contributed by atoms with E-state index in [9.17, 15) is 8.42 Å². The Hall–Kier alpha value is -1.72. The van der Waals surface area contributed by atoms with Gasteiger partial charge in [-0.2, -0.15) is 4.31 Å². The number of aryl methyl sites for hydroxylation is 2. The van der Waals surface area contributed by atoms with Crippen molar-refractivity contribution >= 4 is 10.0 Å². The second-order valence-corrected chi connectivity index (χ2v) is 8.06. The van der Waals surface area contributed by atoms with Crippen molar-refractivity contribution in [1.82, 2.24) is 9.29 Å². The minimum Gasteiger partial charge on any atom is -0.264 e. The summed E-state index contributed by atoms with van der Waals surface area (Å²) in [6.45, 7) is 4.54. The molecule has 0 spiro atoms. The van der Waals surface area contributed by atoms with Gasteiger partial charge < -0.3 is 0 Å². The van der Waals surface area contributed by atoms with E-state index in [1.165, 1.54) is 0 Å². The van der Waals surface area contributed by atoms with Crippen LogP contribution in [0.15, 0.2) is 47.6 Å². The first-order valence-corrected chi connectivity index (χ1v) is 9.43. The lowest BCUT2D eigenvalue weighted by molar-refractivity contribution is 0.255. The van der Waals surface area contributed by atoms with Crippen LogP contribution < -0.4 is 0 Å². The predicted octanol–water partition coefficient (Wildman–Crippen LogP) is 3.61. The highest BCUT2D eigenvalue weighted by molar-refractivity contribution is 7.89. The Kier molecular flexibility index (Phi) is 4.50. The highest BCUT2D eigenvalue weighted by Gasteiger charge is 2.35. The van der Waals surface area contributed by atoms with Crippen molar-refractivity contribution in [2.75, 3.05) is 6.54 Å². The van der Waals surface area contributed by atoms with Crippen molar-refractivity contribution < 1.29 is 8.42 Å². The first-order valence-electron chi connectivity index (χ1n) is 7.99. The molecule has 0 bridgehead atoms. The third-order valence-corrected chi connectivity index (χ3v) is 6.44. The zero-order valence-electron chi connectivity index (χ0n) is 13.6. The molecule has 0 amide bonds. The summed E-state index contributed by atoms with van der Waals surface area (Å²) in [5.41, 5.74) is 3.17. The van der Waals surface area contributed by atoms with Gasteiger partial charge in [-0.15, -0.1) is 0 Å². The Balaban J connectivity index is 2.01. The molecule has 0 aliphatic carbocycles. The van der Waals surface area contributed by atoms with Crippen molar-refractivity contribution in [3.8, 4) is 0 Å². The summed E-state index contributed by atoms with van der Waals surface area (Å²) in [4.78, 5) is 4.57. The fourth-order valence-electron chi connectivity index (χ4n) is 3.17. The van der Waals surface area contributed by atoms with Gasteiger partial charge in [-0.25, -0.2) is 8.42 Å². The van der Waals surface area contributed by atoms with E-state index in [-0.39, 0.29) is 6.04 Å². The van der Waals surface area contributed by atoms with E-state index in [1.54, 1.807) is 22.6 Å². The van der Waals surface area contributed by atoms with Crippen LogP contribution in [-0.4, -0.2) is 24.3 Å². The molecular formula is C18H22N2O2S. The molecule has 5 heteroatoms. The van der Waals surface area contributed by atoms with Gasteiger partial charge in [0.25, 0.3) is 0 Å². The second-order valence-electron chi connectivity index (χ2n) is 6.17. The van der Waals surface area contributed by atoms with Gasteiger partial charge in [0.15, 0.2) is 0 Å². The van der Waals surface area contributed by atoms with Crippen LogP contribution in [0.3, 0.4) is 0 Å². The number of sulfonamides is 1. The number of aromatic nitrogens is 1. The largest absolute Gasteiger partial charge is 0.264 e. The molecule has 0 radical (unpaired) electrons. The molecule has 23 heavy (non-hydrogen) atoms. The quantitative estimate of drug-likeness (QED) is 0.864. The van der Waals surface area contributed by atoms with Gasteiger partial charge in [0.05, 0.1) is 10.9 Å². The maximum Gasteiger partial charge on any atom is 0.243 e. The highest BCUT2D eigenvalue weighted by atomic mass is 32.2. The van der Waals surface area contributed by atoms with Crippen LogP contribution in [-0.2, 0) is 10.0 Å². The summed E-state index contributed by atoms with van der Waals surface area (Å²) < 4.78 is 27.9. The summed E-state index contributed by atoms with van der Waals surface area (Å²) >= 11 is 0. The maximum atomic E-state index is 13.1. The van der Waals surface area contributed by atoms with Gasteiger partial charge in [0.2, 0.25) is 10.0 Å². The number of hydrogen-bond acceptors (Lipinski definition) is 3. The number of rotatable bonds is 3. The molecule has 3 rings (SSSR count). The number of hydrogen-bond donors (Lipinski definition) is 0. The van der Waals surface area contributed by atoms with E-state index in [4.69, 9.17) is 0 Å². The van der Waals surface area contributed by atoms with Crippen molar-refractivity contribution in [1.29, 1.82) is 0 Å². The lowest BCUT2D eigenvalue weighted by Crippen LogP contribution is -2.38. The average molecular weight is 330 g/mol. The minimum absolute atomic E-state index is 0.122. The number of pyridine rings is 1. The molecule has 1 aromatic carbocycles. The average Bonchev–Trinajstić information content (AvgIpc) is 2.56. The van der Waals surface area contributed by atoms with Crippen LogP contribution in [0, 0.1) is 13.8 Å². The van der Waals surface area contributed by atoms with Crippen LogP contribution in [0.4, 0.5) is 0 Å². The number of piperidine rings is 1. The monoisotopic (exact) mass is 330 g/mol. The fraction of sp³-hybridized carbons (Fsp3) is 0.389. The molecule has 1 fully saturated rings. The molecule has 0 saturated carbocycles. The van der Waals surface area contributed by atoms with E-state index >= 15 is 0 Å². The van der Waals surface area contributed by atoms with Gasteiger partial charge in [0.1, 0.15) is 0 Å². The minimum atomic E-state index is -3.49. The lowest BCUT2D eigenvalue weighted by Gasteiger charge is -2.35. The molecule has 1 aliphatic rings. The Labute approximate surface area is 138 Å². The zero-order valence-corrected chi connectivity index (χ0v) is 14.4. The van der Waals surface area contributed by atoms with E-state index < -0.39 is 10.0 Å². The van der Waals surface area contributed by atoms with Gasteiger partial charge in [-0.3, -0.25) is 4.98 Å². The molecule has 1 aliphatic heterocycles. The van der Waals surface area contributed by atoms with Gasteiger partial charge in [-0.05, 0) is 56.0 Å². The van der Waals surface area contributed by atoms with Crippen LogP contribution >= 0.6 is 0 Å². The van der Waals surface area contributed by atoms with Crippen molar-refractivity contribution in [2.45, 2.75) is 44.0 Å². The van der Waals surface area contributed by atoms with Crippen molar-refractivity contribution in [3.63, 3.8) is 0 Å². The third-order valence-electron chi connectivity index (χ3n) is 4.52. The molecule has 4 nitrogen and oxygen atoms in total. The molecule has 1 atom stereocenters. The summed E-state index contributed by atoms with van der Waals surface area (Å²) in [5, 5.41) is 0. The Morgan fingerprint density at radius 2 is 1.83 bits per heavy atom. The molecule has 1 aromatic heterocycles. The topological polar surface area (TPSA) is 50.3 Å². The Morgan fingerprint density at radius 1 is 1.09 bits per heavy atom. The summed E-state index contributed by atoms with van der Waals surface area (Å²) in [6, 6.07) is 8.92. The predicted molar refractivity (Wildman–Crippen MR) is 90.6 cm³/mol. The smallest absolute Gasteiger partial charge is 0.243 e. The first kappa shape index (κ1) is 16.1. The molecule has 1 saturated heterocycles. The number of benzene rings is 1.